The molecule has 1 heteroatoms. The van der Waals surface area contributed by atoms with Gasteiger partial charge in [0, 0.05) is 6.61 Å². The van der Waals surface area contributed by atoms with E-state index < -0.39 is 0 Å². The van der Waals surface area contributed by atoms with Crippen LogP contribution in [0, 0.1) is 5.92 Å². The first kappa shape index (κ1) is 13.8. The van der Waals surface area contributed by atoms with Crippen LogP contribution >= 0.6 is 0 Å². The second kappa shape index (κ2) is 7.10. The molecule has 2 aromatic carbocycles. The molecule has 0 radical (unpaired) electrons. The maximum atomic E-state index is 9.35. The minimum Gasteiger partial charge on any atom is -0.396 e. The third-order valence-electron chi connectivity index (χ3n) is 3.54. The van der Waals surface area contributed by atoms with Gasteiger partial charge in [-0.2, -0.15) is 0 Å². The molecule has 100 valence electrons. The number of aliphatic hydroxyl groups excluding tert-OH is 1. The summed E-state index contributed by atoms with van der Waals surface area (Å²) in [5.74, 6) is 0.396. The van der Waals surface area contributed by atoms with E-state index in [2.05, 4.69) is 55.5 Å². The van der Waals surface area contributed by atoms with Crippen LogP contribution in [0.5, 0.6) is 0 Å². The van der Waals surface area contributed by atoms with Crippen LogP contribution in [-0.2, 0) is 6.42 Å². The molecule has 1 unspecified atom stereocenters. The number of aliphatic hydroxyl groups is 1. The van der Waals surface area contributed by atoms with Crippen LogP contribution < -0.4 is 0 Å². The molecule has 1 atom stereocenters. The highest BCUT2D eigenvalue weighted by Gasteiger charge is 2.07. The molecule has 0 amide bonds. The van der Waals surface area contributed by atoms with Gasteiger partial charge in [0.15, 0.2) is 0 Å². The molecule has 0 spiro atoms. The maximum absolute atomic E-state index is 9.35. The molecule has 2 rings (SSSR count). The molecule has 1 nitrogen and oxygen atoms in total. The van der Waals surface area contributed by atoms with Crippen molar-refractivity contribution in [1.82, 2.24) is 0 Å². The quantitative estimate of drug-likeness (QED) is 0.814. The Morgan fingerprint density at radius 3 is 2.11 bits per heavy atom. The molecule has 0 aliphatic rings. The van der Waals surface area contributed by atoms with Crippen molar-refractivity contribution in [3.8, 4) is 11.1 Å². The fourth-order valence-corrected chi connectivity index (χ4v) is 2.46. The molecule has 0 aliphatic heterocycles. The average molecular weight is 254 g/mol. The first-order valence-electron chi connectivity index (χ1n) is 7.08. The maximum Gasteiger partial charge on any atom is 0.0462 e. The largest absolute Gasteiger partial charge is 0.396 e. The minimum atomic E-state index is 0.286. The van der Waals surface area contributed by atoms with Crippen molar-refractivity contribution in [2.24, 2.45) is 5.92 Å². The van der Waals surface area contributed by atoms with Crippen molar-refractivity contribution in [3.05, 3.63) is 60.2 Å². The van der Waals surface area contributed by atoms with Crippen molar-refractivity contribution < 1.29 is 5.11 Å². The molecule has 0 heterocycles. The topological polar surface area (TPSA) is 20.2 Å². The lowest BCUT2D eigenvalue weighted by molar-refractivity contribution is 0.217. The standard InChI is InChI=1S/C18H22O/c1-2-6-16(14-19)13-15-9-11-18(12-10-15)17-7-4-3-5-8-17/h3-5,7-12,16,19H,2,6,13-14H2,1H3. The SMILES string of the molecule is CCCC(CO)Cc1ccc(-c2ccccc2)cc1. The van der Waals surface area contributed by atoms with Gasteiger partial charge in [-0.25, -0.2) is 0 Å². The molecular formula is C18H22O. The zero-order valence-electron chi connectivity index (χ0n) is 11.5. The molecule has 0 saturated carbocycles. The summed E-state index contributed by atoms with van der Waals surface area (Å²) in [6, 6.07) is 19.1. The molecule has 0 fully saturated rings. The van der Waals surface area contributed by atoms with Gasteiger partial charge in [-0.05, 0) is 35.4 Å². The van der Waals surface area contributed by atoms with E-state index >= 15 is 0 Å². The Hall–Kier alpha value is -1.60. The van der Waals surface area contributed by atoms with E-state index in [1.54, 1.807) is 0 Å². The monoisotopic (exact) mass is 254 g/mol. The van der Waals surface area contributed by atoms with E-state index in [-0.39, 0.29) is 6.61 Å². The van der Waals surface area contributed by atoms with Gasteiger partial charge >= 0.3 is 0 Å². The highest BCUT2D eigenvalue weighted by molar-refractivity contribution is 5.63. The summed E-state index contributed by atoms with van der Waals surface area (Å²) >= 11 is 0. The Bertz CT molecular complexity index is 473. The van der Waals surface area contributed by atoms with E-state index in [1.807, 2.05) is 6.07 Å². The summed E-state index contributed by atoms with van der Waals surface area (Å²) in [7, 11) is 0. The third-order valence-corrected chi connectivity index (χ3v) is 3.54. The fourth-order valence-electron chi connectivity index (χ4n) is 2.46. The van der Waals surface area contributed by atoms with Crippen LogP contribution in [-0.4, -0.2) is 11.7 Å². The molecular weight excluding hydrogens is 232 g/mol. The molecule has 1 N–H and O–H groups in total. The first-order valence-corrected chi connectivity index (χ1v) is 7.08. The predicted molar refractivity (Wildman–Crippen MR) is 81.1 cm³/mol. The molecule has 0 aliphatic carbocycles. The van der Waals surface area contributed by atoms with Crippen molar-refractivity contribution in [2.75, 3.05) is 6.61 Å². The summed E-state index contributed by atoms with van der Waals surface area (Å²) in [6.45, 7) is 2.45. The van der Waals surface area contributed by atoms with Gasteiger partial charge < -0.3 is 5.11 Å². The zero-order chi connectivity index (χ0) is 13.5. The molecule has 2 aromatic rings. The van der Waals surface area contributed by atoms with E-state index in [9.17, 15) is 5.11 Å². The summed E-state index contributed by atoms with van der Waals surface area (Å²) in [4.78, 5) is 0. The Labute approximate surface area is 115 Å². The smallest absolute Gasteiger partial charge is 0.0462 e. The first-order chi connectivity index (χ1) is 9.33. The van der Waals surface area contributed by atoms with Crippen molar-refractivity contribution in [2.45, 2.75) is 26.2 Å². The van der Waals surface area contributed by atoms with Crippen molar-refractivity contribution in [1.29, 1.82) is 0 Å². The number of rotatable bonds is 6. The summed E-state index contributed by atoms with van der Waals surface area (Å²) in [6.07, 6.45) is 3.20. The highest BCUT2D eigenvalue weighted by Crippen LogP contribution is 2.21. The summed E-state index contributed by atoms with van der Waals surface area (Å²) < 4.78 is 0. The normalized spacial score (nSPS) is 12.3. The van der Waals surface area contributed by atoms with E-state index in [4.69, 9.17) is 0 Å². The van der Waals surface area contributed by atoms with Gasteiger partial charge in [0.25, 0.3) is 0 Å². The van der Waals surface area contributed by atoms with E-state index in [0.29, 0.717) is 5.92 Å². The van der Waals surface area contributed by atoms with Crippen molar-refractivity contribution >= 4 is 0 Å². The lowest BCUT2D eigenvalue weighted by Gasteiger charge is -2.13. The number of benzene rings is 2. The predicted octanol–water partition coefficient (Wildman–Crippen LogP) is 4.30. The Morgan fingerprint density at radius 2 is 1.53 bits per heavy atom. The molecule has 0 bridgehead atoms. The second-order valence-corrected chi connectivity index (χ2v) is 5.10. The second-order valence-electron chi connectivity index (χ2n) is 5.10. The Kier molecular flexibility index (Phi) is 5.17. The van der Waals surface area contributed by atoms with Gasteiger partial charge in [0.2, 0.25) is 0 Å². The average Bonchev–Trinajstić information content (AvgIpc) is 2.48. The van der Waals surface area contributed by atoms with Crippen LogP contribution in [0.1, 0.15) is 25.3 Å². The van der Waals surface area contributed by atoms with Gasteiger partial charge in [-0.1, -0.05) is 67.9 Å². The van der Waals surface area contributed by atoms with Crippen LogP contribution in [0.2, 0.25) is 0 Å². The van der Waals surface area contributed by atoms with E-state index in [0.717, 1.165) is 19.3 Å². The van der Waals surface area contributed by atoms with Gasteiger partial charge in [-0.15, -0.1) is 0 Å². The third kappa shape index (κ3) is 3.93. The van der Waals surface area contributed by atoms with Gasteiger partial charge in [0.05, 0.1) is 0 Å². The van der Waals surface area contributed by atoms with Crippen LogP contribution in [0.3, 0.4) is 0 Å². The highest BCUT2D eigenvalue weighted by atomic mass is 16.3. The summed E-state index contributed by atoms with van der Waals surface area (Å²) in [5, 5.41) is 9.35. The number of hydrogen-bond acceptors (Lipinski definition) is 1. The van der Waals surface area contributed by atoms with E-state index in [1.165, 1.54) is 16.7 Å². The van der Waals surface area contributed by atoms with Crippen LogP contribution in [0.15, 0.2) is 54.6 Å². The Balaban J connectivity index is 2.06. The summed E-state index contributed by atoms with van der Waals surface area (Å²) in [5.41, 5.74) is 3.81. The van der Waals surface area contributed by atoms with Crippen molar-refractivity contribution in [3.63, 3.8) is 0 Å². The Morgan fingerprint density at radius 1 is 0.895 bits per heavy atom. The molecule has 0 saturated heterocycles. The number of hydrogen-bond donors (Lipinski definition) is 1. The lowest BCUT2D eigenvalue weighted by atomic mass is 9.94. The fraction of sp³-hybridized carbons (Fsp3) is 0.333. The molecule has 0 aromatic heterocycles. The van der Waals surface area contributed by atoms with Gasteiger partial charge in [-0.3, -0.25) is 0 Å². The zero-order valence-corrected chi connectivity index (χ0v) is 11.5. The van der Waals surface area contributed by atoms with Crippen LogP contribution in [0.4, 0.5) is 0 Å². The van der Waals surface area contributed by atoms with Crippen LogP contribution in [0.25, 0.3) is 11.1 Å². The lowest BCUT2D eigenvalue weighted by Crippen LogP contribution is -2.09. The minimum absolute atomic E-state index is 0.286. The molecule has 19 heavy (non-hydrogen) atoms. The van der Waals surface area contributed by atoms with Gasteiger partial charge in [0.1, 0.15) is 0 Å².